The van der Waals surface area contributed by atoms with E-state index in [0.717, 1.165) is 12.0 Å². The Bertz CT molecular complexity index is 368. The fourth-order valence-corrected chi connectivity index (χ4v) is 1.82. The van der Waals surface area contributed by atoms with Gasteiger partial charge in [0.15, 0.2) is 0 Å². The zero-order valence-corrected chi connectivity index (χ0v) is 11.7. The summed E-state index contributed by atoms with van der Waals surface area (Å²) in [6, 6.07) is 10.0. The maximum atomic E-state index is 12.3. The van der Waals surface area contributed by atoms with Gasteiger partial charge in [-0.05, 0) is 31.2 Å². The molecular formula is C16H24O. The number of benzene rings is 1. The van der Waals surface area contributed by atoms with Crippen LogP contribution in [0.5, 0.6) is 0 Å². The Hall–Kier alpha value is -1.11. The van der Waals surface area contributed by atoms with E-state index in [4.69, 9.17) is 0 Å². The van der Waals surface area contributed by atoms with E-state index < -0.39 is 0 Å². The van der Waals surface area contributed by atoms with Gasteiger partial charge in [-0.1, -0.05) is 51.1 Å². The third kappa shape index (κ3) is 3.99. The molecule has 1 heteroatoms. The monoisotopic (exact) mass is 232 g/mol. The zero-order valence-electron chi connectivity index (χ0n) is 11.7. The molecule has 0 aliphatic carbocycles. The molecule has 1 aromatic carbocycles. The maximum Gasteiger partial charge on any atom is 0.142 e. The minimum absolute atomic E-state index is 0.225. The van der Waals surface area contributed by atoms with Gasteiger partial charge in [0.05, 0.1) is 0 Å². The van der Waals surface area contributed by atoms with E-state index in [2.05, 4.69) is 20.8 Å². The van der Waals surface area contributed by atoms with E-state index in [-0.39, 0.29) is 10.8 Å². The van der Waals surface area contributed by atoms with Gasteiger partial charge in [-0.3, -0.25) is 4.79 Å². The summed E-state index contributed by atoms with van der Waals surface area (Å²) in [6.07, 6.45) is 1.60. The van der Waals surface area contributed by atoms with Crippen LogP contribution in [0.4, 0.5) is 0 Å². The van der Waals surface area contributed by atoms with E-state index in [1.54, 1.807) is 0 Å². The molecule has 0 spiro atoms. The van der Waals surface area contributed by atoms with Gasteiger partial charge in [0.1, 0.15) is 5.78 Å². The van der Waals surface area contributed by atoms with E-state index >= 15 is 0 Å². The van der Waals surface area contributed by atoms with Crippen LogP contribution in [0.15, 0.2) is 30.3 Å². The molecule has 0 atom stereocenters. The minimum atomic E-state index is -0.369. The van der Waals surface area contributed by atoms with Crippen molar-refractivity contribution in [2.45, 2.75) is 52.9 Å². The van der Waals surface area contributed by atoms with Crippen LogP contribution in [0, 0.1) is 5.41 Å². The minimum Gasteiger partial charge on any atom is -0.299 e. The molecule has 94 valence electrons. The Morgan fingerprint density at radius 3 is 2.00 bits per heavy atom. The van der Waals surface area contributed by atoms with Gasteiger partial charge in [0.25, 0.3) is 0 Å². The molecule has 0 aliphatic heterocycles. The van der Waals surface area contributed by atoms with Crippen LogP contribution in [0.1, 0.15) is 53.0 Å². The average molecular weight is 232 g/mol. The molecule has 0 bridgehead atoms. The van der Waals surface area contributed by atoms with Gasteiger partial charge < -0.3 is 0 Å². The molecule has 17 heavy (non-hydrogen) atoms. The van der Waals surface area contributed by atoms with Crippen molar-refractivity contribution in [3.05, 3.63) is 35.9 Å². The lowest BCUT2D eigenvalue weighted by molar-refractivity contribution is -0.124. The lowest BCUT2D eigenvalue weighted by Crippen LogP contribution is -2.29. The predicted octanol–water partition coefficient (Wildman–Crippen LogP) is 4.36. The predicted molar refractivity (Wildman–Crippen MR) is 73.2 cm³/mol. The summed E-state index contributed by atoms with van der Waals surface area (Å²) in [5.74, 6) is 0.332. The van der Waals surface area contributed by atoms with Crippen LogP contribution in [-0.2, 0) is 10.2 Å². The van der Waals surface area contributed by atoms with Crippen LogP contribution in [0.25, 0.3) is 0 Å². The van der Waals surface area contributed by atoms with Crippen LogP contribution in [0.3, 0.4) is 0 Å². The summed E-state index contributed by atoms with van der Waals surface area (Å²) >= 11 is 0. The van der Waals surface area contributed by atoms with Crippen molar-refractivity contribution in [3.63, 3.8) is 0 Å². The first-order valence-electron chi connectivity index (χ1n) is 6.32. The largest absolute Gasteiger partial charge is 0.299 e. The molecule has 0 amide bonds. The van der Waals surface area contributed by atoms with Crippen molar-refractivity contribution in [3.8, 4) is 0 Å². The lowest BCUT2D eigenvalue weighted by Gasteiger charge is -2.26. The van der Waals surface area contributed by atoms with Crippen molar-refractivity contribution in [2.75, 3.05) is 0 Å². The number of hydrogen-bond acceptors (Lipinski definition) is 1. The molecule has 0 saturated heterocycles. The highest BCUT2D eigenvalue weighted by molar-refractivity contribution is 5.89. The third-order valence-electron chi connectivity index (χ3n) is 3.29. The second kappa shape index (κ2) is 5.03. The fraction of sp³-hybridized carbons (Fsp3) is 0.562. The normalized spacial score (nSPS) is 12.5. The molecule has 0 radical (unpaired) electrons. The molecule has 0 heterocycles. The first-order valence-corrected chi connectivity index (χ1v) is 6.32. The number of Topliss-reactive ketones (excluding diaryl/α,β-unsaturated/α-hetero) is 1. The molecule has 0 unspecified atom stereocenters. The highest BCUT2D eigenvalue weighted by atomic mass is 16.1. The molecule has 0 fully saturated rings. The van der Waals surface area contributed by atoms with Gasteiger partial charge in [-0.2, -0.15) is 0 Å². The number of carbonyl (C=O) groups is 1. The van der Waals surface area contributed by atoms with Crippen molar-refractivity contribution in [2.24, 2.45) is 5.41 Å². The van der Waals surface area contributed by atoms with Crippen LogP contribution in [0.2, 0.25) is 0 Å². The van der Waals surface area contributed by atoms with Gasteiger partial charge in [-0.15, -0.1) is 0 Å². The van der Waals surface area contributed by atoms with Crippen LogP contribution < -0.4 is 0 Å². The highest BCUT2D eigenvalue weighted by Crippen LogP contribution is 2.29. The van der Waals surface area contributed by atoms with Gasteiger partial charge in [0, 0.05) is 11.8 Å². The van der Waals surface area contributed by atoms with Gasteiger partial charge >= 0.3 is 0 Å². The number of hydrogen-bond donors (Lipinski definition) is 0. The van der Waals surface area contributed by atoms with Crippen LogP contribution >= 0.6 is 0 Å². The second-order valence-electron chi connectivity index (χ2n) is 6.47. The summed E-state index contributed by atoms with van der Waals surface area (Å²) in [7, 11) is 0. The summed E-state index contributed by atoms with van der Waals surface area (Å²) in [6.45, 7) is 10.6. The molecule has 1 nitrogen and oxygen atoms in total. The third-order valence-corrected chi connectivity index (χ3v) is 3.29. The van der Waals surface area contributed by atoms with Gasteiger partial charge in [0.2, 0.25) is 0 Å². The molecule has 0 aliphatic rings. The maximum absolute atomic E-state index is 12.3. The molecular weight excluding hydrogens is 208 g/mol. The average Bonchev–Trinajstić information content (AvgIpc) is 2.26. The van der Waals surface area contributed by atoms with Gasteiger partial charge in [-0.25, -0.2) is 0 Å². The van der Waals surface area contributed by atoms with Crippen LogP contribution in [-0.4, -0.2) is 5.78 Å². The Balaban J connectivity index is 2.74. The summed E-state index contributed by atoms with van der Waals surface area (Å²) in [5, 5.41) is 0. The van der Waals surface area contributed by atoms with E-state index in [1.807, 2.05) is 44.2 Å². The Morgan fingerprint density at radius 2 is 1.53 bits per heavy atom. The number of ketones is 1. The summed E-state index contributed by atoms with van der Waals surface area (Å²) in [4.78, 5) is 12.3. The molecule has 1 aromatic rings. The van der Waals surface area contributed by atoms with E-state index in [9.17, 15) is 4.79 Å². The quantitative estimate of drug-likeness (QED) is 0.754. The highest BCUT2D eigenvalue weighted by Gasteiger charge is 2.29. The summed E-state index contributed by atoms with van der Waals surface area (Å²) in [5.41, 5.74) is 0.966. The number of carbonyl (C=O) groups excluding carboxylic acids is 1. The second-order valence-corrected chi connectivity index (χ2v) is 6.47. The Kier molecular flexibility index (Phi) is 4.13. The molecule has 0 N–H and O–H groups in total. The fourth-order valence-electron chi connectivity index (χ4n) is 1.82. The van der Waals surface area contributed by atoms with Crippen molar-refractivity contribution in [1.29, 1.82) is 0 Å². The smallest absolute Gasteiger partial charge is 0.142 e. The van der Waals surface area contributed by atoms with E-state index in [1.165, 1.54) is 0 Å². The molecule has 0 aromatic heterocycles. The van der Waals surface area contributed by atoms with Crippen molar-refractivity contribution in [1.82, 2.24) is 0 Å². The Labute approximate surface area is 105 Å². The van der Waals surface area contributed by atoms with E-state index in [0.29, 0.717) is 12.2 Å². The molecule has 1 rings (SSSR count). The number of rotatable bonds is 4. The SMILES string of the molecule is CC(C)(C)CCC(=O)C(C)(C)c1ccccc1. The lowest BCUT2D eigenvalue weighted by atomic mass is 9.77. The first kappa shape index (κ1) is 14.0. The zero-order chi connectivity index (χ0) is 13.1. The first-order chi connectivity index (χ1) is 7.73. The standard InChI is InChI=1S/C16H24O/c1-15(2,3)12-11-14(17)16(4,5)13-9-7-6-8-10-13/h6-10H,11-12H2,1-5H3. The Morgan fingerprint density at radius 1 is 1.00 bits per heavy atom. The molecule has 0 saturated carbocycles. The van der Waals surface area contributed by atoms with Crippen molar-refractivity contribution >= 4 is 5.78 Å². The summed E-state index contributed by atoms with van der Waals surface area (Å²) < 4.78 is 0. The topological polar surface area (TPSA) is 17.1 Å². The van der Waals surface area contributed by atoms with Crippen molar-refractivity contribution < 1.29 is 4.79 Å².